The van der Waals surface area contributed by atoms with Crippen LogP contribution >= 0.6 is 0 Å². The van der Waals surface area contributed by atoms with Crippen LogP contribution in [0.5, 0.6) is 0 Å². The lowest BCUT2D eigenvalue weighted by molar-refractivity contribution is -0.112. The molecule has 0 radical (unpaired) electrons. The Hall–Kier alpha value is -2.09. The van der Waals surface area contributed by atoms with Crippen LogP contribution in [0.3, 0.4) is 0 Å². The first-order valence-electron chi connectivity index (χ1n) is 5.09. The van der Waals surface area contributed by atoms with Crippen molar-refractivity contribution < 1.29 is 4.79 Å². The van der Waals surface area contributed by atoms with Gasteiger partial charge in [-0.25, -0.2) is 0 Å². The lowest BCUT2D eigenvalue weighted by Crippen LogP contribution is -2.12. The SMILES string of the molecule is C=C/C(=C\C=C/C)C(=O)Nc1ccccc1. The van der Waals surface area contributed by atoms with Crippen LogP contribution in [0.2, 0.25) is 0 Å². The summed E-state index contributed by atoms with van der Waals surface area (Å²) in [7, 11) is 0. The average Bonchev–Trinajstić information content (AvgIpc) is 2.31. The highest BCUT2D eigenvalue weighted by Gasteiger charge is 2.04. The summed E-state index contributed by atoms with van der Waals surface area (Å²) in [6, 6.07) is 9.33. The highest BCUT2D eigenvalue weighted by atomic mass is 16.1. The Morgan fingerprint density at radius 2 is 2.00 bits per heavy atom. The van der Waals surface area contributed by atoms with Crippen LogP contribution in [-0.2, 0) is 4.79 Å². The van der Waals surface area contributed by atoms with E-state index in [0.717, 1.165) is 5.69 Å². The van der Waals surface area contributed by atoms with Crippen molar-refractivity contribution in [2.45, 2.75) is 6.92 Å². The molecule has 0 aliphatic rings. The third-order valence-electron chi connectivity index (χ3n) is 1.98. The zero-order valence-corrected chi connectivity index (χ0v) is 9.31. The number of hydrogen-bond donors (Lipinski definition) is 1. The maximum absolute atomic E-state index is 11.8. The molecule has 0 spiro atoms. The van der Waals surface area contributed by atoms with Gasteiger partial charge in [0.05, 0.1) is 0 Å². The van der Waals surface area contributed by atoms with Crippen molar-refractivity contribution in [3.05, 3.63) is 66.8 Å². The largest absolute Gasteiger partial charge is 0.322 e. The number of rotatable bonds is 4. The minimum Gasteiger partial charge on any atom is -0.322 e. The number of nitrogens with one attached hydrogen (secondary N) is 1. The van der Waals surface area contributed by atoms with E-state index in [-0.39, 0.29) is 5.91 Å². The van der Waals surface area contributed by atoms with Gasteiger partial charge in [-0.1, -0.05) is 43.0 Å². The number of carbonyl (C=O) groups excluding carboxylic acids is 1. The van der Waals surface area contributed by atoms with Gasteiger partial charge >= 0.3 is 0 Å². The molecule has 16 heavy (non-hydrogen) atoms. The van der Waals surface area contributed by atoms with E-state index in [0.29, 0.717) is 5.57 Å². The van der Waals surface area contributed by atoms with E-state index in [4.69, 9.17) is 0 Å². The van der Waals surface area contributed by atoms with Gasteiger partial charge in [0.2, 0.25) is 0 Å². The Labute approximate surface area is 96.0 Å². The lowest BCUT2D eigenvalue weighted by Gasteiger charge is -2.04. The van der Waals surface area contributed by atoms with Crippen LogP contribution in [0.4, 0.5) is 5.69 Å². The topological polar surface area (TPSA) is 29.1 Å². The average molecular weight is 213 g/mol. The minimum absolute atomic E-state index is 0.153. The summed E-state index contributed by atoms with van der Waals surface area (Å²) in [5.74, 6) is -0.153. The van der Waals surface area contributed by atoms with Crippen molar-refractivity contribution in [3.63, 3.8) is 0 Å². The summed E-state index contributed by atoms with van der Waals surface area (Å²) in [5, 5.41) is 2.79. The van der Waals surface area contributed by atoms with Gasteiger partial charge in [0.1, 0.15) is 0 Å². The van der Waals surface area contributed by atoms with Crippen molar-refractivity contribution in [2.75, 3.05) is 5.32 Å². The number of hydrogen-bond acceptors (Lipinski definition) is 1. The van der Waals surface area contributed by atoms with Crippen molar-refractivity contribution >= 4 is 11.6 Å². The number of allylic oxidation sites excluding steroid dienone is 3. The number of amides is 1. The first-order valence-corrected chi connectivity index (χ1v) is 5.09. The maximum atomic E-state index is 11.8. The molecule has 0 aromatic heterocycles. The van der Waals surface area contributed by atoms with Gasteiger partial charge in [0.25, 0.3) is 5.91 Å². The highest BCUT2D eigenvalue weighted by molar-refractivity contribution is 6.05. The van der Waals surface area contributed by atoms with Gasteiger partial charge in [0.15, 0.2) is 0 Å². The molecule has 0 aliphatic heterocycles. The summed E-state index contributed by atoms with van der Waals surface area (Å²) in [6.45, 7) is 5.51. The zero-order valence-electron chi connectivity index (χ0n) is 9.31. The quantitative estimate of drug-likeness (QED) is 0.603. The smallest absolute Gasteiger partial charge is 0.255 e. The van der Waals surface area contributed by atoms with Crippen LogP contribution in [0.1, 0.15) is 6.92 Å². The Bertz CT molecular complexity index is 416. The van der Waals surface area contributed by atoms with Crippen LogP contribution in [-0.4, -0.2) is 5.91 Å². The van der Waals surface area contributed by atoms with E-state index in [2.05, 4.69) is 11.9 Å². The Balaban J connectivity index is 2.75. The Kier molecular flexibility index (Phi) is 4.80. The third-order valence-corrected chi connectivity index (χ3v) is 1.98. The zero-order chi connectivity index (χ0) is 11.8. The van der Waals surface area contributed by atoms with E-state index >= 15 is 0 Å². The third kappa shape index (κ3) is 3.58. The molecule has 0 aliphatic carbocycles. The lowest BCUT2D eigenvalue weighted by atomic mass is 10.2. The van der Waals surface area contributed by atoms with E-state index < -0.39 is 0 Å². The molecular weight excluding hydrogens is 198 g/mol. The summed E-state index contributed by atoms with van der Waals surface area (Å²) >= 11 is 0. The number of para-hydroxylation sites is 1. The molecule has 2 nitrogen and oxygen atoms in total. The summed E-state index contributed by atoms with van der Waals surface area (Å²) in [6.07, 6.45) is 6.93. The predicted molar refractivity (Wildman–Crippen MR) is 68.2 cm³/mol. The van der Waals surface area contributed by atoms with Gasteiger partial charge in [-0.2, -0.15) is 0 Å². The van der Waals surface area contributed by atoms with E-state index in [1.165, 1.54) is 6.08 Å². The molecule has 0 heterocycles. The molecule has 1 rings (SSSR count). The molecule has 0 unspecified atom stereocenters. The molecule has 1 aromatic rings. The maximum Gasteiger partial charge on any atom is 0.255 e. The predicted octanol–water partition coefficient (Wildman–Crippen LogP) is 3.31. The van der Waals surface area contributed by atoms with Crippen LogP contribution in [0.15, 0.2) is 66.8 Å². The fraction of sp³-hybridized carbons (Fsp3) is 0.0714. The summed E-state index contributed by atoms with van der Waals surface area (Å²) in [5.41, 5.74) is 1.32. The second kappa shape index (κ2) is 6.40. The number of benzene rings is 1. The normalized spacial score (nSPS) is 11.4. The molecule has 1 N–H and O–H groups in total. The van der Waals surface area contributed by atoms with Crippen molar-refractivity contribution in [1.29, 1.82) is 0 Å². The highest BCUT2D eigenvalue weighted by Crippen LogP contribution is 2.08. The van der Waals surface area contributed by atoms with Gasteiger partial charge in [-0.3, -0.25) is 4.79 Å². The molecule has 0 fully saturated rings. The van der Waals surface area contributed by atoms with Crippen LogP contribution < -0.4 is 5.32 Å². The van der Waals surface area contributed by atoms with E-state index in [1.54, 1.807) is 6.08 Å². The molecule has 0 saturated heterocycles. The fourth-order valence-electron chi connectivity index (χ4n) is 1.16. The molecule has 1 aromatic carbocycles. The molecule has 0 bridgehead atoms. The van der Waals surface area contributed by atoms with Crippen LogP contribution in [0, 0.1) is 0 Å². The van der Waals surface area contributed by atoms with Gasteiger partial charge in [0, 0.05) is 11.3 Å². The number of carbonyl (C=O) groups is 1. The monoisotopic (exact) mass is 213 g/mol. The van der Waals surface area contributed by atoms with Crippen LogP contribution in [0.25, 0.3) is 0 Å². The first kappa shape index (κ1) is 12.0. The molecule has 1 amide bonds. The van der Waals surface area contributed by atoms with Crippen molar-refractivity contribution in [3.8, 4) is 0 Å². The number of anilines is 1. The van der Waals surface area contributed by atoms with Crippen molar-refractivity contribution in [2.24, 2.45) is 0 Å². The van der Waals surface area contributed by atoms with E-state index in [9.17, 15) is 4.79 Å². The summed E-state index contributed by atoms with van der Waals surface area (Å²) < 4.78 is 0. The van der Waals surface area contributed by atoms with Gasteiger partial charge < -0.3 is 5.32 Å². The Morgan fingerprint density at radius 3 is 2.56 bits per heavy atom. The van der Waals surface area contributed by atoms with Gasteiger partial charge in [-0.15, -0.1) is 0 Å². The second-order valence-corrected chi connectivity index (χ2v) is 3.17. The van der Waals surface area contributed by atoms with E-state index in [1.807, 2.05) is 49.4 Å². The molecule has 0 saturated carbocycles. The minimum atomic E-state index is -0.153. The van der Waals surface area contributed by atoms with Crippen molar-refractivity contribution in [1.82, 2.24) is 0 Å². The molecule has 82 valence electrons. The first-order chi connectivity index (χ1) is 7.77. The molecular formula is C14H15NO. The van der Waals surface area contributed by atoms with Gasteiger partial charge in [-0.05, 0) is 25.1 Å². The molecule has 2 heteroatoms. The standard InChI is InChI=1S/C14H15NO/c1-3-5-9-12(4-2)14(16)15-13-10-7-6-8-11-13/h3-11H,2H2,1H3,(H,15,16)/b5-3-,12-9+. The second-order valence-electron chi connectivity index (χ2n) is 3.17. The fourth-order valence-corrected chi connectivity index (χ4v) is 1.16. The Morgan fingerprint density at radius 1 is 1.31 bits per heavy atom. The molecule has 0 atom stereocenters. The summed E-state index contributed by atoms with van der Waals surface area (Å²) in [4.78, 5) is 11.8.